The first-order valence-corrected chi connectivity index (χ1v) is 5.75. The highest BCUT2D eigenvalue weighted by molar-refractivity contribution is 5.71. The Kier molecular flexibility index (Phi) is 6.36. The van der Waals surface area contributed by atoms with Crippen LogP contribution in [0.4, 0.5) is 0 Å². The predicted molar refractivity (Wildman–Crippen MR) is 67.5 cm³/mol. The average molecular weight is 264 g/mol. The van der Waals surface area contributed by atoms with E-state index >= 15 is 0 Å². The Balaban J connectivity index is 2.32. The summed E-state index contributed by atoms with van der Waals surface area (Å²) in [7, 11) is 1.29. The van der Waals surface area contributed by atoms with Crippen LogP contribution in [0.15, 0.2) is 24.3 Å². The smallest absolute Gasteiger partial charge is 0.319 e. The van der Waals surface area contributed by atoms with Crippen molar-refractivity contribution in [1.82, 2.24) is 5.32 Å². The maximum Gasteiger partial charge on any atom is 0.319 e. The highest BCUT2D eigenvalue weighted by Crippen LogP contribution is 2.16. The van der Waals surface area contributed by atoms with Crippen LogP contribution in [0.2, 0.25) is 0 Å². The molecule has 0 aliphatic carbocycles. The summed E-state index contributed by atoms with van der Waals surface area (Å²) in [5.74, 6) is 0.0277. The molecule has 0 aliphatic heterocycles. The molecule has 1 unspecified atom stereocenters. The van der Waals surface area contributed by atoms with Crippen LogP contribution in [0.25, 0.3) is 0 Å². The lowest BCUT2D eigenvalue weighted by atomic mass is 10.2. The Bertz CT molecular complexity index is 456. The molecule has 1 aromatic rings. The molecule has 6 nitrogen and oxygen atoms in total. The molecule has 0 aromatic heterocycles. The molecule has 0 saturated heterocycles. The third-order valence-electron chi connectivity index (χ3n) is 2.32. The largest absolute Gasteiger partial charge is 0.489 e. The van der Waals surface area contributed by atoms with E-state index in [1.54, 1.807) is 24.3 Å². The van der Waals surface area contributed by atoms with Crippen LogP contribution >= 0.6 is 0 Å². The third kappa shape index (κ3) is 5.38. The van der Waals surface area contributed by atoms with Crippen molar-refractivity contribution in [3.8, 4) is 11.8 Å². The van der Waals surface area contributed by atoms with Crippen molar-refractivity contribution >= 4 is 5.97 Å². The fourth-order valence-electron chi connectivity index (χ4n) is 1.34. The minimum absolute atomic E-state index is 0.0301. The zero-order valence-corrected chi connectivity index (χ0v) is 10.6. The molecule has 2 N–H and O–H groups in total. The Hall–Kier alpha value is -2.10. The molecule has 0 saturated carbocycles. The molecule has 1 atom stereocenters. The number of benzene rings is 1. The van der Waals surface area contributed by atoms with E-state index in [-0.39, 0.29) is 19.7 Å². The van der Waals surface area contributed by atoms with Gasteiger partial charge in [0.2, 0.25) is 0 Å². The van der Waals surface area contributed by atoms with Crippen LogP contribution in [-0.2, 0) is 9.53 Å². The van der Waals surface area contributed by atoms with Crippen LogP contribution in [0.1, 0.15) is 5.56 Å². The monoisotopic (exact) mass is 264 g/mol. The number of nitrogens with zero attached hydrogens (tertiary/aromatic N) is 1. The van der Waals surface area contributed by atoms with Gasteiger partial charge < -0.3 is 19.9 Å². The first-order valence-electron chi connectivity index (χ1n) is 5.75. The minimum atomic E-state index is -0.781. The van der Waals surface area contributed by atoms with Gasteiger partial charge in [-0.25, -0.2) is 0 Å². The van der Waals surface area contributed by atoms with Gasteiger partial charge in [-0.1, -0.05) is 12.1 Å². The van der Waals surface area contributed by atoms with Gasteiger partial charge in [0, 0.05) is 6.54 Å². The summed E-state index contributed by atoms with van der Waals surface area (Å²) in [5.41, 5.74) is 0.414. The van der Waals surface area contributed by atoms with Crippen molar-refractivity contribution in [1.29, 1.82) is 5.26 Å². The number of aliphatic hydroxyl groups is 1. The molecular weight excluding hydrogens is 248 g/mol. The number of para-hydroxylation sites is 1. The Morgan fingerprint density at radius 2 is 2.26 bits per heavy atom. The highest BCUT2D eigenvalue weighted by Gasteiger charge is 2.08. The number of hydrogen-bond acceptors (Lipinski definition) is 6. The highest BCUT2D eigenvalue weighted by atomic mass is 16.5. The predicted octanol–water partition coefficient (Wildman–Crippen LogP) is 0.0606. The van der Waals surface area contributed by atoms with E-state index in [0.717, 1.165) is 0 Å². The number of ether oxygens (including phenoxy) is 2. The van der Waals surface area contributed by atoms with Gasteiger partial charge in [0.15, 0.2) is 0 Å². The Labute approximate surface area is 111 Å². The van der Waals surface area contributed by atoms with Gasteiger partial charge in [-0.05, 0) is 12.1 Å². The summed E-state index contributed by atoms with van der Waals surface area (Å²) in [4.78, 5) is 10.8. The van der Waals surface area contributed by atoms with E-state index in [1.807, 2.05) is 6.07 Å². The van der Waals surface area contributed by atoms with Gasteiger partial charge in [-0.2, -0.15) is 5.26 Å². The number of hydrogen-bond donors (Lipinski definition) is 2. The topological polar surface area (TPSA) is 91.6 Å². The van der Waals surface area contributed by atoms with E-state index < -0.39 is 12.1 Å². The van der Waals surface area contributed by atoms with E-state index in [2.05, 4.69) is 10.1 Å². The van der Waals surface area contributed by atoms with Crippen LogP contribution in [-0.4, -0.2) is 44.0 Å². The molecule has 0 aliphatic rings. The molecule has 0 bridgehead atoms. The number of nitriles is 1. The van der Waals surface area contributed by atoms with Gasteiger partial charge in [0.1, 0.15) is 24.5 Å². The lowest BCUT2D eigenvalue weighted by Crippen LogP contribution is -2.34. The molecule has 19 heavy (non-hydrogen) atoms. The summed E-state index contributed by atoms with van der Waals surface area (Å²) in [6, 6.07) is 8.78. The van der Waals surface area contributed by atoms with Gasteiger partial charge >= 0.3 is 5.97 Å². The number of rotatable bonds is 7. The van der Waals surface area contributed by atoms with Crippen molar-refractivity contribution in [3.05, 3.63) is 29.8 Å². The number of carbonyl (C=O) groups excluding carboxylic acids is 1. The quantitative estimate of drug-likeness (QED) is 0.677. The maximum absolute atomic E-state index is 10.8. The lowest BCUT2D eigenvalue weighted by molar-refractivity contribution is -0.139. The maximum atomic E-state index is 10.8. The molecule has 102 valence electrons. The summed E-state index contributed by atoms with van der Waals surface area (Å²) >= 11 is 0. The van der Waals surface area contributed by atoms with Crippen molar-refractivity contribution in [2.45, 2.75) is 6.10 Å². The molecule has 6 heteroatoms. The van der Waals surface area contributed by atoms with E-state index in [9.17, 15) is 9.90 Å². The standard InChI is InChI=1S/C13H16N2O4/c1-18-13(17)8-15-7-11(16)9-19-12-5-3-2-4-10(12)6-14/h2-5,11,15-16H,7-9H2,1H3. The molecule has 0 amide bonds. The van der Waals surface area contributed by atoms with E-state index in [1.165, 1.54) is 7.11 Å². The van der Waals surface area contributed by atoms with Crippen LogP contribution in [0.5, 0.6) is 5.75 Å². The molecule has 1 rings (SSSR count). The molecule has 0 radical (unpaired) electrons. The summed E-state index contributed by atoms with van der Waals surface area (Å²) in [6.07, 6.45) is -0.781. The SMILES string of the molecule is COC(=O)CNCC(O)COc1ccccc1C#N. The number of carbonyl (C=O) groups is 1. The zero-order chi connectivity index (χ0) is 14.1. The zero-order valence-electron chi connectivity index (χ0n) is 10.6. The van der Waals surface area contributed by atoms with Gasteiger partial charge in [0.05, 0.1) is 19.2 Å². The molecule has 0 heterocycles. The summed E-state index contributed by atoms with van der Waals surface area (Å²) in [6.45, 7) is 0.263. The summed E-state index contributed by atoms with van der Waals surface area (Å²) < 4.78 is 9.79. The number of esters is 1. The normalized spacial score (nSPS) is 11.4. The van der Waals surface area contributed by atoms with Crippen molar-refractivity contribution in [3.63, 3.8) is 0 Å². The van der Waals surface area contributed by atoms with E-state index in [0.29, 0.717) is 11.3 Å². The number of methoxy groups -OCH3 is 1. The molecule has 0 spiro atoms. The van der Waals surface area contributed by atoms with Crippen molar-refractivity contribution < 1.29 is 19.4 Å². The fraction of sp³-hybridized carbons (Fsp3) is 0.385. The summed E-state index contributed by atoms with van der Waals surface area (Å²) in [5, 5.41) is 21.2. The second-order valence-corrected chi connectivity index (χ2v) is 3.78. The van der Waals surface area contributed by atoms with Crippen LogP contribution < -0.4 is 10.1 Å². The second kappa shape index (κ2) is 8.08. The Morgan fingerprint density at radius 3 is 2.95 bits per heavy atom. The second-order valence-electron chi connectivity index (χ2n) is 3.78. The molecular formula is C13H16N2O4. The van der Waals surface area contributed by atoms with Gasteiger partial charge in [-0.3, -0.25) is 4.79 Å². The number of nitrogens with one attached hydrogen (secondary N) is 1. The number of aliphatic hydroxyl groups excluding tert-OH is 1. The van der Waals surface area contributed by atoms with Gasteiger partial charge in [-0.15, -0.1) is 0 Å². The molecule has 1 aromatic carbocycles. The van der Waals surface area contributed by atoms with Crippen molar-refractivity contribution in [2.75, 3.05) is 26.8 Å². The molecule has 0 fully saturated rings. The lowest BCUT2D eigenvalue weighted by Gasteiger charge is -2.13. The van der Waals surface area contributed by atoms with Crippen molar-refractivity contribution in [2.24, 2.45) is 0 Å². The fourth-order valence-corrected chi connectivity index (χ4v) is 1.34. The first kappa shape index (κ1) is 15.0. The van der Waals surface area contributed by atoms with Gasteiger partial charge in [0.25, 0.3) is 0 Å². The minimum Gasteiger partial charge on any atom is -0.489 e. The average Bonchev–Trinajstić information content (AvgIpc) is 2.45. The van der Waals surface area contributed by atoms with E-state index in [4.69, 9.17) is 10.00 Å². The Morgan fingerprint density at radius 1 is 1.53 bits per heavy atom. The van der Waals surface area contributed by atoms with Crippen LogP contribution in [0, 0.1) is 11.3 Å². The van der Waals surface area contributed by atoms with Crippen LogP contribution in [0.3, 0.4) is 0 Å². The first-order chi connectivity index (χ1) is 9.17. The third-order valence-corrected chi connectivity index (χ3v) is 2.32.